The minimum Gasteiger partial charge on any atom is -0.490 e. The van der Waals surface area contributed by atoms with Gasteiger partial charge in [-0.15, -0.1) is 0 Å². The molecule has 6 N–H and O–H groups in total. The molecule has 0 bridgehead atoms. The van der Waals surface area contributed by atoms with Crippen LogP contribution in [-0.2, 0) is 23.7 Å². The second-order valence-corrected chi connectivity index (χ2v) is 6.64. The highest BCUT2D eigenvalue weighted by Gasteiger charge is 2.48. The fourth-order valence-corrected chi connectivity index (χ4v) is 2.87. The third kappa shape index (κ3) is 4.92. The summed E-state index contributed by atoms with van der Waals surface area (Å²) < 4.78 is 21.1. The molecule has 2 rings (SSSR count). The van der Waals surface area contributed by atoms with Gasteiger partial charge < -0.3 is 49.6 Å². The average molecular weight is 408 g/mol. The number of rotatable bonds is 10. The number of unbranched alkanes of at least 4 members (excludes halogenated alkanes) is 2. The SMILES string of the molecule is CCCCCOC1=C(O[C@H]2O[C@H](CO)[C@@H](O)[C@H](O)[C@H]2O)C(=O)O[C@@H]1[C@@H](O)CO. The second-order valence-electron chi connectivity index (χ2n) is 6.64. The van der Waals surface area contributed by atoms with Gasteiger partial charge in [0.25, 0.3) is 0 Å². The van der Waals surface area contributed by atoms with Crippen LogP contribution in [0, 0.1) is 0 Å². The van der Waals surface area contributed by atoms with Gasteiger partial charge in [0.2, 0.25) is 12.0 Å². The van der Waals surface area contributed by atoms with Crippen molar-refractivity contribution in [3.63, 3.8) is 0 Å². The standard InChI is InChI=1S/C17H28O11/c1-2-3-4-5-25-14-13(8(20)6-18)27-16(24)15(14)28-17-12(23)11(22)10(21)9(7-19)26-17/h8-13,17-23H,2-7H2,1H3/t8-,9+,10+,11-,12+,13+,17+/m0/s1. The van der Waals surface area contributed by atoms with Crippen LogP contribution in [0.3, 0.4) is 0 Å². The summed E-state index contributed by atoms with van der Waals surface area (Å²) in [4.78, 5) is 12.2. The zero-order chi connectivity index (χ0) is 20.8. The number of esters is 1. The number of ether oxygens (including phenoxy) is 4. The topological polar surface area (TPSA) is 175 Å². The number of cyclic esters (lactones) is 1. The van der Waals surface area contributed by atoms with Crippen molar-refractivity contribution < 1.29 is 54.4 Å². The minimum absolute atomic E-state index is 0.167. The largest absolute Gasteiger partial charge is 0.490 e. The summed E-state index contributed by atoms with van der Waals surface area (Å²) in [5.41, 5.74) is 0. The lowest BCUT2D eigenvalue weighted by Gasteiger charge is -2.39. The molecule has 1 fully saturated rings. The Bertz CT molecular complexity index is 549. The van der Waals surface area contributed by atoms with E-state index in [1.54, 1.807) is 0 Å². The van der Waals surface area contributed by atoms with Crippen molar-refractivity contribution in [2.75, 3.05) is 19.8 Å². The van der Waals surface area contributed by atoms with Crippen LogP contribution in [0.2, 0.25) is 0 Å². The molecule has 2 aliphatic heterocycles. The fourth-order valence-electron chi connectivity index (χ4n) is 2.87. The molecular weight excluding hydrogens is 380 g/mol. The van der Waals surface area contributed by atoms with Crippen LogP contribution in [0.5, 0.6) is 0 Å². The van der Waals surface area contributed by atoms with Gasteiger partial charge in [-0.25, -0.2) is 4.79 Å². The van der Waals surface area contributed by atoms with Crippen LogP contribution in [0.15, 0.2) is 11.5 Å². The summed E-state index contributed by atoms with van der Waals surface area (Å²) in [7, 11) is 0. The maximum atomic E-state index is 12.2. The van der Waals surface area contributed by atoms with Crippen molar-refractivity contribution >= 4 is 5.97 Å². The van der Waals surface area contributed by atoms with Crippen LogP contribution in [0.25, 0.3) is 0 Å². The highest BCUT2D eigenvalue weighted by Crippen LogP contribution is 2.31. The Balaban J connectivity index is 2.22. The molecule has 0 amide bonds. The van der Waals surface area contributed by atoms with Crippen LogP contribution >= 0.6 is 0 Å². The Hall–Kier alpha value is -1.47. The van der Waals surface area contributed by atoms with Gasteiger partial charge in [-0.05, 0) is 6.42 Å². The predicted octanol–water partition coefficient (Wildman–Crippen LogP) is -2.50. The molecule has 2 aliphatic rings. The first-order valence-corrected chi connectivity index (χ1v) is 9.19. The Morgan fingerprint density at radius 1 is 1.11 bits per heavy atom. The summed E-state index contributed by atoms with van der Waals surface area (Å²) in [5, 5.41) is 58.0. The zero-order valence-electron chi connectivity index (χ0n) is 15.5. The molecule has 11 nitrogen and oxygen atoms in total. The van der Waals surface area contributed by atoms with Crippen molar-refractivity contribution in [1.82, 2.24) is 0 Å². The second kappa shape index (κ2) is 10.3. The number of aliphatic hydroxyl groups excluding tert-OH is 6. The molecule has 0 saturated carbocycles. The monoisotopic (exact) mass is 408 g/mol. The summed E-state index contributed by atoms with van der Waals surface area (Å²) in [6.45, 7) is 0.817. The van der Waals surface area contributed by atoms with E-state index in [1.165, 1.54) is 0 Å². The first kappa shape index (κ1) is 22.8. The lowest BCUT2D eigenvalue weighted by Crippen LogP contribution is -2.59. The number of carbonyl (C=O) groups excluding carboxylic acids is 1. The van der Waals surface area contributed by atoms with Gasteiger partial charge in [0, 0.05) is 0 Å². The van der Waals surface area contributed by atoms with Gasteiger partial charge in [0.05, 0.1) is 19.8 Å². The minimum atomic E-state index is -1.73. The highest BCUT2D eigenvalue weighted by atomic mass is 16.7. The Morgan fingerprint density at radius 3 is 2.43 bits per heavy atom. The number of aliphatic hydroxyl groups is 6. The van der Waals surface area contributed by atoms with Crippen molar-refractivity contribution in [3.05, 3.63) is 11.5 Å². The third-order valence-corrected chi connectivity index (χ3v) is 4.53. The van der Waals surface area contributed by atoms with E-state index in [-0.39, 0.29) is 12.4 Å². The molecule has 0 spiro atoms. The van der Waals surface area contributed by atoms with Crippen molar-refractivity contribution in [2.45, 2.75) is 69.1 Å². The van der Waals surface area contributed by atoms with Crippen LogP contribution < -0.4 is 0 Å². The molecule has 0 unspecified atom stereocenters. The number of hydrogen-bond donors (Lipinski definition) is 6. The number of carbonyl (C=O) groups is 1. The first-order valence-electron chi connectivity index (χ1n) is 9.19. The molecule has 0 aliphatic carbocycles. The van der Waals surface area contributed by atoms with E-state index in [1.807, 2.05) is 6.92 Å². The summed E-state index contributed by atoms with van der Waals surface area (Å²) in [5.74, 6) is -1.67. The van der Waals surface area contributed by atoms with Crippen LogP contribution in [-0.4, -0.2) is 99.3 Å². The first-order chi connectivity index (χ1) is 13.3. The molecule has 1 saturated heterocycles. The van der Waals surface area contributed by atoms with Gasteiger partial charge in [0.15, 0.2) is 11.9 Å². The number of hydrogen-bond acceptors (Lipinski definition) is 11. The predicted molar refractivity (Wildman–Crippen MR) is 90.3 cm³/mol. The van der Waals surface area contributed by atoms with Gasteiger partial charge in [0.1, 0.15) is 30.5 Å². The van der Waals surface area contributed by atoms with Crippen molar-refractivity contribution in [3.8, 4) is 0 Å². The van der Waals surface area contributed by atoms with E-state index in [0.717, 1.165) is 12.8 Å². The third-order valence-electron chi connectivity index (χ3n) is 4.53. The molecule has 0 aromatic heterocycles. The van der Waals surface area contributed by atoms with Gasteiger partial charge in [-0.1, -0.05) is 19.8 Å². The van der Waals surface area contributed by atoms with E-state index in [4.69, 9.17) is 18.9 Å². The van der Waals surface area contributed by atoms with Crippen LogP contribution in [0.1, 0.15) is 26.2 Å². The average Bonchev–Trinajstić information content (AvgIpc) is 3.00. The lowest BCUT2D eigenvalue weighted by atomic mass is 9.99. The molecule has 162 valence electrons. The van der Waals surface area contributed by atoms with Crippen LogP contribution in [0.4, 0.5) is 0 Å². The summed E-state index contributed by atoms with van der Waals surface area (Å²) >= 11 is 0. The molecule has 2 heterocycles. The van der Waals surface area contributed by atoms with Crippen molar-refractivity contribution in [1.29, 1.82) is 0 Å². The van der Waals surface area contributed by atoms with Gasteiger partial charge in [-0.3, -0.25) is 0 Å². The molecule has 0 radical (unpaired) electrons. The molecule has 0 aromatic carbocycles. The van der Waals surface area contributed by atoms with E-state index in [2.05, 4.69) is 0 Å². The van der Waals surface area contributed by atoms with E-state index >= 15 is 0 Å². The maximum Gasteiger partial charge on any atom is 0.378 e. The summed E-state index contributed by atoms with van der Waals surface area (Å²) in [6.07, 6.45) is -8.18. The quantitative estimate of drug-likeness (QED) is 0.166. The van der Waals surface area contributed by atoms with E-state index in [0.29, 0.717) is 6.42 Å². The Kier molecular flexibility index (Phi) is 8.43. The van der Waals surface area contributed by atoms with E-state index in [9.17, 15) is 35.4 Å². The van der Waals surface area contributed by atoms with Gasteiger partial charge in [-0.2, -0.15) is 0 Å². The van der Waals surface area contributed by atoms with E-state index < -0.39 is 67.9 Å². The molecule has 7 atom stereocenters. The summed E-state index contributed by atoms with van der Waals surface area (Å²) in [6, 6.07) is 0. The highest BCUT2D eigenvalue weighted by molar-refractivity contribution is 5.89. The smallest absolute Gasteiger partial charge is 0.378 e. The lowest BCUT2D eigenvalue weighted by molar-refractivity contribution is -0.291. The Morgan fingerprint density at radius 2 is 1.82 bits per heavy atom. The molecular formula is C17H28O11. The van der Waals surface area contributed by atoms with Crippen molar-refractivity contribution in [2.24, 2.45) is 0 Å². The van der Waals surface area contributed by atoms with Gasteiger partial charge >= 0.3 is 5.97 Å². The fraction of sp³-hybridized carbons (Fsp3) is 0.824. The normalized spacial score (nSPS) is 34.3. The Labute approximate surface area is 161 Å². The molecule has 0 aromatic rings. The molecule has 11 heteroatoms. The molecule has 28 heavy (non-hydrogen) atoms. The zero-order valence-corrected chi connectivity index (χ0v) is 15.5. The maximum absolute atomic E-state index is 12.2.